The van der Waals surface area contributed by atoms with Gasteiger partial charge < -0.3 is 9.47 Å². The van der Waals surface area contributed by atoms with Gasteiger partial charge in [-0.2, -0.15) is 5.26 Å². The van der Waals surface area contributed by atoms with Crippen LogP contribution in [0.15, 0.2) is 54.1 Å². The van der Waals surface area contributed by atoms with Crippen molar-refractivity contribution in [1.29, 1.82) is 5.26 Å². The SMILES string of the molecule is COC(=O)/C(=C/c1ccccc1C)COc1ccccc1C#N. The highest BCUT2D eigenvalue weighted by Gasteiger charge is 2.12. The normalized spacial score (nSPS) is 10.7. The molecule has 0 bridgehead atoms. The maximum absolute atomic E-state index is 12.0. The van der Waals surface area contributed by atoms with Crippen molar-refractivity contribution in [2.24, 2.45) is 0 Å². The largest absolute Gasteiger partial charge is 0.487 e. The van der Waals surface area contributed by atoms with Gasteiger partial charge in [-0.1, -0.05) is 36.4 Å². The van der Waals surface area contributed by atoms with Crippen molar-refractivity contribution in [1.82, 2.24) is 0 Å². The van der Waals surface area contributed by atoms with Crippen molar-refractivity contribution in [2.75, 3.05) is 13.7 Å². The van der Waals surface area contributed by atoms with Crippen LogP contribution in [0.25, 0.3) is 6.08 Å². The van der Waals surface area contributed by atoms with Crippen LogP contribution in [0.3, 0.4) is 0 Å². The molecule has 0 saturated carbocycles. The van der Waals surface area contributed by atoms with Crippen LogP contribution in [0.5, 0.6) is 5.75 Å². The van der Waals surface area contributed by atoms with E-state index in [9.17, 15) is 4.79 Å². The number of nitriles is 1. The summed E-state index contributed by atoms with van der Waals surface area (Å²) in [4.78, 5) is 12.0. The topological polar surface area (TPSA) is 59.3 Å². The van der Waals surface area contributed by atoms with Gasteiger partial charge in [0.05, 0.1) is 18.2 Å². The summed E-state index contributed by atoms with van der Waals surface area (Å²) in [5, 5.41) is 9.07. The molecular weight excluding hydrogens is 290 g/mol. The molecule has 0 aromatic heterocycles. The van der Waals surface area contributed by atoms with Gasteiger partial charge in [0.25, 0.3) is 0 Å². The highest BCUT2D eigenvalue weighted by atomic mass is 16.5. The van der Waals surface area contributed by atoms with E-state index in [2.05, 4.69) is 6.07 Å². The molecule has 4 heteroatoms. The van der Waals surface area contributed by atoms with Gasteiger partial charge in [-0.05, 0) is 36.3 Å². The van der Waals surface area contributed by atoms with Crippen LogP contribution >= 0.6 is 0 Å². The predicted molar refractivity (Wildman–Crippen MR) is 87.8 cm³/mol. The van der Waals surface area contributed by atoms with E-state index in [1.54, 1.807) is 30.3 Å². The third kappa shape index (κ3) is 4.21. The van der Waals surface area contributed by atoms with Crippen LogP contribution in [0.1, 0.15) is 16.7 Å². The van der Waals surface area contributed by atoms with Crippen LogP contribution < -0.4 is 4.74 Å². The summed E-state index contributed by atoms with van der Waals surface area (Å²) in [6, 6.07) is 16.7. The third-order valence-electron chi connectivity index (χ3n) is 3.36. The van der Waals surface area contributed by atoms with Gasteiger partial charge in [-0.15, -0.1) is 0 Å². The van der Waals surface area contributed by atoms with Crippen molar-refractivity contribution in [2.45, 2.75) is 6.92 Å². The molecule has 4 nitrogen and oxygen atoms in total. The number of para-hydroxylation sites is 1. The molecule has 0 atom stereocenters. The second-order valence-electron chi connectivity index (χ2n) is 4.91. The van der Waals surface area contributed by atoms with Crippen molar-refractivity contribution in [3.8, 4) is 11.8 Å². The Balaban J connectivity index is 2.25. The first kappa shape index (κ1) is 16.3. The Morgan fingerprint density at radius 2 is 1.87 bits per heavy atom. The Bertz CT molecular complexity index is 772. The van der Waals surface area contributed by atoms with Crippen LogP contribution in [0.4, 0.5) is 0 Å². The fourth-order valence-electron chi connectivity index (χ4n) is 2.07. The summed E-state index contributed by atoms with van der Waals surface area (Å²) in [6.45, 7) is 1.99. The fourth-order valence-corrected chi connectivity index (χ4v) is 2.07. The Hall–Kier alpha value is -3.06. The number of carbonyl (C=O) groups excluding carboxylic acids is 1. The summed E-state index contributed by atoms with van der Waals surface area (Å²) in [7, 11) is 1.33. The average molecular weight is 307 g/mol. The zero-order chi connectivity index (χ0) is 16.7. The first-order valence-corrected chi connectivity index (χ1v) is 7.12. The lowest BCUT2D eigenvalue weighted by Crippen LogP contribution is -2.13. The van der Waals surface area contributed by atoms with Gasteiger partial charge in [0.15, 0.2) is 0 Å². The van der Waals surface area contributed by atoms with E-state index in [-0.39, 0.29) is 6.61 Å². The summed E-state index contributed by atoms with van der Waals surface area (Å²) in [6.07, 6.45) is 1.75. The predicted octanol–water partition coefficient (Wildman–Crippen LogP) is 3.50. The van der Waals surface area contributed by atoms with Gasteiger partial charge in [0, 0.05) is 0 Å². The number of aryl methyl sites for hydroxylation is 1. The monoisotopic (exact) mass is 307 g/mol. The molecule has 0 aliphatic heterocycles. The number of nitrogens with zero attached hydrogens (tertiary/aromatic N) is 1. The average Bonchev–Trinajstić information content (AvgIpc) is 2.59. The summed E-state index contributed by atoms with van der Waals surface area (Å²) in [5.41, 5.74) is 2.78. The van der Waals surface area contributed by atoms with Crippen molar-refractivity contribution in [3.05, 3.63) is 70.8 Å². The van der Waals surface area contributed by atoms with E-state index in [0.29, 0.717) is 16.9 Å². The first-order valence-electron chi connectivity index (χ1n) is 7.12. The fraction of sp³-hybridized carbons (Fsp3) is 0.158. The molecule has 0 aliphatic rings. The maximum atomic E-state index is 12.0. The number of esters is 1. The molecule has 2 rings (SSSR count). The van der Waals surface area contributed by atoms with Crippen LogP contribution in [-0.2, 0) is 9.53 Å². The molecule has 0 saturated heterocycles. The maximum Gasteiger partial charge on any atom is 0.337 e. The molecule has 2 aromatic rings. The first-order chi connectivity index (χ1) is 11.2. The van der Waals surface area contributed by atoms with Gasteiger partial charge in [-0.25, -0.2) is 4.79 Å². The Labute approximate surface area is 135 Å². The highest BCUT2D eigenvalue weighted by Crippen LogP contribution is 2.19. The zero-order valence-electron chi connectivity index (χ0n) is 13.1. The Morgan fingerprint density at radius 1 is 1.17 bits per heavy atom. The number of carbonyl (C=O) groups is 1. The van der Waals surface area contributed by atoms with Crippen LogP contribution in [0.2, 0.25) is 0 Å². The van der Waals surface area contributed by atoms with E-state index in [1.807, 2.05) is 31.2 Å². The van der Waals surface area contributed by atoms with Gasteiger partial charge in [0.1, 0.15) is 18.4 Å². The Morgan fingerprint density at radius 3 is 2.57 bits per heavy atom. The molecule has 23 heavy (non-hydrogen) atoms. The number of hydrogen-bond acceptors (Lipinski definition) is 4. The smallest absolute Gasteiger partial charge is 0.337 e. The molecular formula is C19H17NO3. The van der Waals surface area contributed by atoms with E-state index >= 15 is 0 Å². The van der Waals surface area contributed by atoms with Crippen molar-refractivity contribution >= 4 is 12.0 Å². The molecule has 0 aliphatic carbocycles. The number of rotatable bonds is 5. The van der Waals surface area contributed by atoms with Crippen molar-refractivity contribution in [3.63, 3.8) is 0 Å². The second-order valence-corrected chi connectivity index (χ2v) is 4.91. The van der Waals surface area contributed by atoms with E-state index < -0.39 is 5.97 Å². The molecule has 0 fully saturated rings. The summed E-state index contributed by atoms with van der Waals surface area (Å²) < 4.78 is 10.5. The lowest BCUT2D eigenvalue weighted by Gasteiger charge is -2.10. The van der Waals surface area contributed by atoms with Crippen LogP contribution in [-0.4, -0.2) is 19.7 Å². The number of ether oxygens (including phenoxy) is 2. The van der Waals surface area contributed by atoms with Crippen LogP contribution in [0, 0.1) is 18.3 Å². The summed E-state index contributed by atoms with van der Waals surface area (Å²) >= 11 is 0. The quantitative estimate of drug-likeness (QED) is 0.626. The minimum absolute atomic E-state index is 0.0275. The van der Waals surface area contributed by atoms with E-state index in [4.69, 9.17) is 14.7 Å². The Kier molecular flexibility index (Phi) is 5.54. The molecule has 0 heterocycles. The van der Waals surface area contributed by atoms with Gasteiger partial charge >= 0.3 is 5.97 Å². The lowest BCUT2D eigenvalue weighted by molar-refractivity contribution is -0.136. The molecule has 2 aromatic carbocycles. The summed E-state index contributed by atoms with van der Waals surface area (Å²) in [5.74, 6) is -0.0164. The molecule has 0 unspecified atom stereocenters. The minimum Gasteiger partial charge on any atom is -0.487 e. The van der Waals surface area contributed by atoms with Gasteiger partial charge in [0.2, 0.25) is 0 Å². The number of hydrogen-bond donors (Lipinski definition) is 0. The van der Waals surface area contributed by atoms with E-state index in [0.717, 1.165) is 11.1 Å². The third-order valence-corrected chi connectivity index (χ3v) is 3.36. The van der Waals surface area contributed by atoms with Crippen molar-refractivity contribution < 1.29 is 14.3 Å². The molecule has 0 N–H and O–H groups in total. The number of benzene rings is 2. The standard InChI is InChI=1S/C19H17NO3/c1-14-7-3-4-8-15(14)11-17(19(21)22-2)13-23-18-10-6-5-9-16(18)12-20/h3-11H,13H2,1-2H3/b17-11+. The van der Waals surface area contributed by atoms with E-state index in [1.165, 1.54) is 7.11 Å². The highest BCUT2D eigenvalue weighted by molar-refractivity contribution is 5.94. The molecule has 0 spiro atoms. The molecule has 0 amide bonds. The second kappa shape index (κ2) is 7.81. The van der Waals surface area contributed by atoms with Gasteiger partial charge in [-0.3, -0.25) is 0 Å². The number of methoxy groups -OCH3 is 1. The zero-order valence-corrected chi connectivity index (χ0v) is 13.1. The minimum atomic E-state index is -0.456. The molecule has 0 radical (unpaired) electrons. The molecule has 116 valence electrons. The lowest BCUT2D eigenvalue weighted by atomic mass is 10.1.